The van der Waals surface area contributed by atoms with Crippen LogP contribution in [0.4, 0.5) is 0 Å². The van der Waals surface area contributed by atoms with Crippen LogP contribution in [0.25, 0.3) is 0 Å². The molecule has 1 heterocycles. The SMILES string of the molecule is Cc1cccc(C(=O)OCC(=O)N[C@@H](C)c2ccco2)c1O. The number of phenols is 1. The number of nitrogens with one attached hydrogen (secondary N) is 1. The fourth-order valence-corrected chi connectivity index (χ4v) is 1.92. The van der Waals surface area contributed by atoms with E-state index in [9.17, 15) is 14.7 Å². The van der Waals surface area contributed by atoms with Gasteiger partial charge in [-0.3, -0.25) is 4.79 Å². The van der Waals surface area contributed by atoms with E-state index in [1.807, 2.05) is 0 Å². The number of phenolic OH excluding ortho intramolecular Hbond substituents is 1. The maximum atomic E-state index is 11.9. The second-order valence-electron chi connectivity index (χ2n) is 4.85. The zero-order valence-corrected chi connectivity index (χ0v) is 12.3. The van der Waals surface area contributed by atoms with Crippen LogP contribution < -0.4 is 5.32 Å². The van der Waals surface area contributed by atoms with Gasteiger partial charge in [-0.05, 0) is 37.6 Å². The molecule has 0 saturated carbocycles. The lowest BCUT2D eigenvalue weighted by Gasteiger charge is -2.12. The molecule has 0 spiro atoms. The molecule has 116 valence electrons. The molecule has 2 N–H and O–H groups in total. The standard InChI is InChI=1S/C16H17NO5/c1-10-5-3-6-12(15(10)19)16(20)22-9-14(18)17-11(2)13-7-4-8-21-13/h3-8,11,19H,9H2,1-2H3,(H,17,18)/t11-/m0/s1. The van der Waals surface area contributed by atoms with Gasteiger partial charge in [-0.15, -0.1) is 0 Å². The molecular formula is C16H17NO5. The van der Waals surface area contributed by atoms with Gasteiger partial charge in [0, 0.05) is 0 Å². The molecule has 1 atom stereocenters. The molecule has 0 aliphatic heterocycles. The van der Waals surface area contributed by atoms with Crippen molar-refractivity contribution in [2.45, 2.75) is 19.9 Å². The van der Waals surface area contributed by atoms with Crippen LogP contribution in [0.2, 0.25) is 0 Å². The summed E-state index contributed by atoms with van der Waals surface area (Å²) < 4.78 is 10.1. The molecule has 2 rings (SSSR count). The third-order valence-corrected chi connectivity index (χ3v) is 3.14. The molecule has 6 nitrogen and oxygen atoms in total. The lowest BCUT2D eigenvalue weighted by molar-refractivity contribution is -0.125. The van der Waals surface area contributed by atoms with Gasteiger partial charge in [0.1, 0.15) is 17.1 Å². The third kappa shape index (κ3) is 3.66. The van der Waals surface area contributed by atoms with Crippen molar-refractivity contribution >= 4 is 11.9 Å². The highest BCUT2D eigenvalue weighted by Crippen LogP contribution is 2.22. The monoisotopic (exact) mass is 303 g/mol. The lowest BCUT2D eigenvalue weighted by Crippen LogP contribution is -2.31. The minimum absolute atomic E-state index is 0.0342. The maximum Gasteiger partial charge on any atom is 0.342 e. The van der Waals surface area contributed by atoms with Gasteiger partial charge in [0.25, 0.3) is 5.91 Å². The summed E-state index contributed by atoms with van der Waals surface area (Å²) in [7, 11) is 0. The summed E-state index contributed by atoms with van der Waals surface area (Å²) in [6.07, 6.45) is 1.51. The van der Waals surface area contributed by atoms with Gasteiger partial charge in [0.05, 0.1) is 12.3 Å². The van der Waals surface area contributed by atoms with Gasteiger partial charge in [0.2, 0.25) is 0 Å². The van der Waals surface area contributed by atoms with Crippen molar-refractivity contribution in [3.63, 3.8) is 0 Å². The average molecular weight is 303 g/mol. The van der Waals surface area contributed by atoms with Crippen LogP contribution >= 0.6 is 0 Å². The number of amides is 1. The van der Waals surface area contributed by atoms with Gasteiger partial charge in [0.15, 0.2) is 6.61 Å². The number of hydrogen-bond donors (Lipinski definition) is 2. The first kappa shape index (κ1) is 15.6. The molecule has 0 fully saturated rings. The summed E-state index contributed by atoms with van der Waals surface area (Å²) in [6.45, 7) is 2.99. The minimum Gasteiger partial charge on any atom is -0.507 e. The van der Waals surface area contributed by atoms with Gasteiger partial charge in [-0.2, -0.15) is 0 Å². The van der Waals surface area contributed by atoms with E-state index in [2.05, 4.69) is 5.32 Å². The highest BCUT2D eigenvalue weighted by atomic mass is 16.5. The highest BCUT2D eigenvalue weighted by molar-refractivity contribution is 5.94. The summed E-state index contributed by atoms with van der Waals surface area (Å²) in [5.74, 6) is -0.737. The number of carbonyl (C=O) groups is 2. The maximum absolute atomic E-state index is 11.9. The van der Waals surface area contributed by atoms with E-state index in [0.29, 0.717) is 11.3 Å². The van der Waals surface area contributed by atoms with Crippen LogP contribution in [-0.4, -0.2) is 23.6 Å². The molecule has 0 radical (unpaired) electrons. The second kappa shape index (κ2) is 6.80. The number of aryl methyl sites for hydroxylation is 1. The lowest BCUT2D eigenvalue weighted by atomic mass is 10.1. The van der Waals surface area contributed by atoms with E-state index in [4.69, 9.17) is 9.15 Å². The number of benzene rings is 1. The largest absolute Gasteiger partial charge is 0.507 e. The Morgan fingerprint density at radius 1 is 1.32 bits per heavy atom. The summed E-state index contributed by atoms with van der Waals surface area (Å²) >= 11 is 0. The molecule has 0 bridgehead atoms. The fourth-order valence-electron chi connectivity index (χ4n) is 1.92. The number of para-hydroxylation sites is 1. The third-order valence-electron chi connectivity index (χ3n) is 3.14. The summed E-state index contributed by atoms with van der Waals surface area (Å²) in [4.78, 5) is 23.6. The van der Waals surface area contributed by atoms with Crippen LogP contribution in [-0.2, 0) is 9.53 Å². The van der Waals surface area contributed by atoms with Crippen LogP contribution in [0.3, 0.4) is 0 Å². The first-order chi connectivity index (χ1) is 10.5. The predicted octanol–water partition coefficient (Wildman–Crippen LogP) is 2.33. The first-order valence-corrected chi connectivity index (χ1v) is 6.77. The molecule has 0 aliphatic rings. The average Bonchev–Trinajstić information content (AvgIpc) is 3.02. The van der Waals surface area contributed by atoms with Crippen molar-refractivity contribution in [2.75, 3.05) is 6.61 Å². The molecule has 22 heavy (non-hydrogen) atoms. The zero-order chi connectivity index (χ0) is 16.1. The Bertz CT molecular complexity index is 663. The number of esters is 1. The first-order valence-electron chi connectivity index (χ1n) is 6.77. The van der Waals surface area contributed by atoms with E-state index in [0.717, 1.165) is 0 Å². The molecule has 0 aliphatic carbocycles. The van der Waals surface area contributed by atoms with Crippen LogP contribution in [0, 0.1) is 6.92 Å². The molecule has 1 aromatic carbocycles. The van der Waals surface area contributed by atoms with Gasteiger partial charge in [-0.25, -0.2) is 4.79 Å². The van der Waals surface area contributed by atoms with Crippen molar-refractivity contribution in [3.05, 3.63) is 53.5 Å². The Labute approximate surface area is 127 Å². The van der Waals surface area contributed by atoms with E-state index >= 15 is 0 Å². The number of furan rings is 1. The second-order valence-corrected chi connectivity index (χ2v) is 4.85. The Hall–Kier alpha value is -2.76. The number of carbonyl (C=O) groups excluding carboxylic acids is 2. The van der Waals surface area contributed by atoms with Crippen molar-refractivity contribution in [2.24, 2.45) is 0 Å². The molecule has 1 amide bonds. The number of hydrogen-bond acceptors (Lipinski definition) is 5. The van der Waals surface area contributed by atoms with Crippen LogP contribution in [0.5, 0.6) is 5.75 Å². The molecule has 0 saturated heterocycles. The summed E-state index contributed by atoms with van der Waals surface area (Å²) in [5, 5.41) is 12.4. The molecule has 6 heteroatoms. The quantitative estimate of drug-likeness (QED) is 0.828. The van der Waals surface area contributed by atoms with E-state index in [1.165, 1.54) is 12.3 Å². The van der Waals surface area contributed by atoms with Crippen molar-refractivity contribution in [3.8, 4) is 5.75 Å². The summed E-state index contributed by atoms with van der Waals surface area (Å²) in [6, 6.07) is 7.87. The van der Waals surface area contributed by atoms with E-state index in [-0.39, 0.29) is 17.4 Å². The molecule has 1 aromatic heterocycles. The van der Waals surface area contributed by atoms with Crippen LogP contribution in [0.1, 0.15) is 34.6 Å². The Kier molecular flexibility index (Phi) is 4.83. The van der Waals surface area contributed by atoms with Crippen molar-refractivity contribution in [1.29, 1.82) is 0 Å². The minimum atomic E-state index is -0.748. The zero-order valence-electron chi connectivity index (χ0n) is 12.3. The number of rotatable bonds is 5. The van der Waals surface area contributed by atoms with Crippen LogP contribution in [0.15, 0.2) is 41.0 Å². The Morgan fingerprint density at radius 2 is 2.09 bits per heavy atom. The van der Waals surface area contributed by atoms with E-state index in [1.54, 1.807) is 38.1 Å². The number of ether oxygens (including phenoxy) is 1. The van der Waals surface area contributed by atoms with Crippen molar-refractivity contribution in [1.82, 2.24) is 5.32 Å². The smallest absolute Gasteiger partial charge is 0.342 e. The molecular weight excluding hydrogens is 286 g/mol. The predicted molar refractivity (Wildman–Crippen MR) is 78.4 cm³/mol. The molecule has 0 unspecified atom stereocenters. The Morgan fingerprint density at radius 3 is 2.77 bits per heavy atom. The van der Waals surface area contributed by atoms with E-state index < -0.39 is 18.5 Å². The molecule has 2 aromatic rings. The normalized spacial score (nSPS) is 11.7. The number of aromatic hydroxyl groups is 1. The van der Waals surface area contributed by atoms with Crippen molar-refractivity contribution < 1.29 is 23.8 Å². The van der Waals surface area contributed by atoms with Gasteiger partial charge in [-0.1, -0.05) is 12.1 Å². The van der Waals surface area contributed by atoms with Gasteiger partial charge < -0.3 is 19.6 Å². The topological polar surface area (TPSA) is 88.8 Å². The Balaban J connectivity index is 1.88. The highest BCUT2D eigenvalue weighted by Gasteiger charge is 2.17. The summed E-state index contributed by atoms with van der Waals surface area (Å²) in [5.41, 5.74) is 0.595. The van der Waals surface area contributed by atoms with Gasteiger partial charge >= 0.3 is 5.97 Å². The fraction of sp³-hybridized carbons (Fsp3) is 0.250.